The Morgan fingerprint density at radius 1 is 1.24 bits per heavy atom. The summed E-state index contributed by atoms with van der Waals surface area (Å²) in [6.07, 6.45) is -11.3. The van der Waals surface area contributed by atoms with Gasteiger partial charge in [-0.1, -0.05) is 0 Å². The van der Waals surface area contributed by atoms with Crippen molar-refractivity contribution >= 4 is 5.97 Å². The van der Waals surface area contributed by atoms with Crippen LogP contribution in [0.5, 0.6) is 5.75 Å². The molecule has 1 heterocycles. The topological polar surface area (TPSA) is 68.4 Å². The molecule has 0 amide bonds. The second kappa shape index (κ2) is 5.66. The molecule has 1 aromatic heterocycles. The van der Waals surface area contributed by atoms with E-state index in [1.165, 1.54) is 0 Å². The first-order valence-corrected chi connectivity index (χ1v) is 5.10. The second-order valence-electron chi connectivity index (χ2n) is 3.64. The van der Waals surface area contributed by atoms with Gasteiger partial charge in [0.05, 0.1) is 19.2 Å². The Balaban J connectivity index is 3.42. The third-order valence-corrected chi connectivity index (χ3v) is 2.19. The highest BCUT2D eigenvalue weighted by Gasteiger charge is 2.39. The molecule has 0 aliphatic heterocycles. The van der Waals surface area contributed by atoms with Crippen molar-refractivity contribution < 1.29 is 40.6 Å². The summed E-state index contributed by atoms with van der Waals surface area (Å²) < 4.78 is 81.4. The monoisotopic (exact) mass is 319 g/mol. The highest BCUT2D eigenvalue weighted by atomic mass is 19.4. The fourth-order valence-electron chi connectivity index (χ4n) is 1.33. The lowest BCUT2D eigenvalue weighted by molar-refractivity contribution is -0.275. The fourth-order valence-corrected chi connectivity index (χ4v) is 1.33. The van der Waals surface area contributed by atoms with Crippen LogP contribution in [-0.4, -0.2) is 24.4 Å². The predicted molar refractivity (Wildman–Crippen MR) is 54.5 cm³/mol. The molecular formula is C10H7F6NO4. The summed E-state index contributed by atoms with van der Waals surface area (Å²) in [6.45, 7) is 0. The number of aromatic nitrogens is 1. The van der Waals surface area contributed by atoms with Crippen LogP contribution in [0.15, 0.2) is 11.0 Å². The van der Waals surface area contributed by atoms with Crippen LogP contribution in [0, 0.1) is 0 Å². The van der Waals surface area contributed by atoms with Crippen molar-refractivity contribution in [1.29, 1.82) is 0 Å². The Bertz CT molecular complexity index is 589. The maximum atomic E-state index is 12.5. The number of rotatable bonds is 3. The fraction of sp³-hybridized carbons (Fsp3) is 0.400. The van der Waals surface area contributed by atoms with E-state index in [0.717, 1.165) is 7.11 Å². The van der Waals surface area contributed by atoms with Crippen molar-refractivity contribution in [2.24, 2.45) is 0 Å². The molecule has 0 saturated heterocycles. The van der Waals surface area contributed by atoms with Gasteiger partial charge in [-0.05, 0) is 0 Å². The zero-order valence-corrected chi connectivity index (χ0v) is 10.2. The molecule has 1 rings (SSSR count). The summed E-state index contributed by atoms with van der Waals surface area (Å²) in [5.41, 5.74) is -4.69. The van der Waals surface area contributed by atoms with Crippen LogP contribution in [0.2, 0.25) is 0 Å². The van der Waals surface area contributed by atoms with Gasteiger partial charge >= 0.3 is 18.5 Å². The molecular weight excluding hydrogens is 312 g/mol. The van der Waals surface area contributed by atoms with E-state index >= 15 is 0 Å². The summed E-state index contributed by atoms with van der Waals surface area (Å²) in [5, 5.41) is 0. The van der Waals surface area contributed by atoms with Crippen molar-refractivity contribution in [2.45, 2.75) is 19.0 Å². The molecule has 118 valence electrons. The van der Waals surface area contributed by atoms with E-state index in [1.807, 2.05) is 0 Å². The SMILES string of the molecule is COC(=O)Cc1[nH]cc(C(F)(F)F)c(=O)c1OC(F)(F)F. The minimum Gasteiger partial charge on any atom is -0.469 e. The normalized spacial score (nSPS) is 12.1. The summed E-state index contributed by atoms with van der Waals surface area (Å²) >= 11 is 0. The third kappa shape index (κ3) is 4.39. The number of ether oxygens (including phenoxy) is 2. The molecule has 0 atom stereocenters. The van der Waals surface area contributed by atoms with E-state index in [9.17, 15) is 35.9 Å². The first-order valence-electron chi connectivity index (χ1n) is 5.10. The number of halogens is 6. The molecule has 1 N–H and O–H groups in total. The van der Waals surface area contributed by atoms with E-state index in [-0.39, 0.29) is 6.20 Å². The lowest BCUT2D eigenvalue weighted by Crippen LogP contribution is -2.28. The van der Waals surface area contributed by atoms with Gasteiger partial charge < -0.3 is 14.5 Å². The molecule has 0 aliphatic rings. The van der Waals surface area contributed by atoms with Crippen LogP contribution in [0.3, 0.4) is 0 Å². The maximum absolute atomic E-state index is 12.5. The molecule has 0 bridgehead atoms. The van der Waals surface area contributed by atoms with Crippen molar-refractivity contribution in [3.05, 3.63) is 27.7 Å². The van der Waals surface area contributed by atoms with Gasteiger partial charge in [-0.3, -0.25) is 9.59 Å². The molecule has 0 fully saturated rings. The van der Waals surface area contributed by atoms with E-state index in [4.69, 9.17) is 0 Å². The Hall–Kier alpha value is -2.20. The third-order valence-electron chi connectivity index (χ3n) is 2.19. The number of pyridine rings is 1. The smallest absolute Gasteiger partial charge is 0.469 e. The number of esters is 1. The van der Waals surface area contributed by atoms with Crippen molar-refractivity contribution in [2.75, 3.05) is 7.11 Å². The molecule has 0 unspecified atom stereocenters. The zero-order valence-electron chi connectivity index (χ0n) is 10.2. The molecule has 1 aromatic rings. The second-order valence-corrected chi connectivity index (χ2v) is 3.64. The molecule has 5 nitrogen and oxygen atoms in total. The Morgan fingerprint density at radius 3 is 2.24 bits per heavy atom. The van der Waals surface area contributed by atoms with Gasteiger partial charge in [0, 0.05) is 6.20 Å². The Kier molecular flexibility index (Phi) is 4.54. The van der Waals surface area contributed by atoms with Crippen LogP contribution >= 0.6 is 0 Å². The van der Waals surface area contributed by atoms with Gasteiger partial charge in [0.1, 0.15) is 5.56 Å². The molecule has 0 aromatic carbocycles. The predicted octanol–water partition coefficient (Wildman–Crippen LogP) is 2.01. The number of carbonyl (C=O) groups is 1. The van der Waals surface area contributed by atoms with Gasteiger partial charge in [-0.15, -0.1) is 13.2 Å². The molecule has 0 spiro atoms. The molecule has 0 aliphatic carbocycles. The van der Waals surface area contributed by atoms with Crippen LogP contribution in [0.1, 0.15) is 11.3 Å². The number of nitrogens with one attached hydrogen (secondary N) is 1. The first-order chi connectivity index (χ1) is 9.45. The van der Waals surface area contributed by atoms with Crippen LogP contribution in [0.25, 0.3) is 0 Å². The molecule has 0 radical (unpaired) electrons. The molecule has 21 heavy (non-hydrogen) atoms. The number of alkyl halides is 6. The maximum Gasteiger partial charge on any atom is 0.573 e. The van der Waals surface area contributed by atoms with Crippen LogP contribution in [-0.2, 0) is 22.1 Å². The number of H-pyrrole nitrogens is 1. The lowest BCUT2D eigenvalue weighted by atomic mass is 10.2. The van der Waals surface area contributed by atoms with Crippen LogP contribution < -0.4 is 10.2 Å². The highest BCUT2D eigenvalue weighted by Crippen LogP contribution is 2.30. The first kappa shape index (κ1) is 16.9. The van der Waals surface area contributed by atoms with Gasteiger partial charge in [0.15, 0.2) is 5.75 Å². The lowest BCUT2D eigenvalue weighted by Gasteiger charge is -2.14. The van der Waals surface area contributed by atoms with Crippen LogP contribution in [0.4, 0.5) is 26.3 Å². The van der Waals surface area contributed by atoms with Crippen molar-refractivity contribution in [1.82, 2.24) is 4.98 Å². The largest absolute Gasteiger partial charge is 0.573 e. The summed E-state index contributed by atoms with van der Waals surface area (Å²) in [6, 6.07) is 0. The number of aromatic amines is 1. The molecule has 0 saturated carbocycles. The van der Waals surface area contributed by atoms with Gasteiger partial charge in [0.25, 0.3) is 0 Å². The van der Waals surface area contributed by atoms with Crippen molar-refractivity contribution in [3.63, 3.8) is 0 Å². The average molecular weight is 319 g/mol. The number of methoxy groups -OCH3 is 1. The summed E-state index contributed by atoms with van der Waals surface area (Å²) in [5.74, 6) is -2.72. The Labute approximate surface area is 112 Å². The van der Waals surface area contributed by atoms with Gasteiger partial charge in [-0.2, -0.15) is 13.2 Å². The number of carbonyl (C=O) groups excluding carboxylic acids is 1. The van der Waals surface area contributed by atoms with E-state index in [1.54, 1.807) is 4.98 Å². The quantitative estimate of drug-likeness (QED) is 0.683. The number of hydrogen-bond donors (Lipinski definition) is 1. The van der Waals surface area contributed by atoms with E-state index in [2.05, 4.69) is 9.47 Å². The standard InChI is InChI=1S/C10H7F6NO4/c1-20-6(18)2-5-8(21-10(14,15)16)7(19)4(3-17-5)9(11,12)13/h3H,2H2,1H3,(H,17,19). The summed E-state index contributed by atoms with van der Waals surface area (Å²) in [4.78, 5) is 24.3. The average Bonchev–Trinajstić information content (AvgIpc) is 2.30. The minimum absolute atomic E-state index is 0.157. The zero-order chi connectivity index (χ0) is 16.4. The van der Waals surface area contributed by atoms with E-state index in [0.29, 0.717) is 0 Å². The summed E-state index contributed by atoms with van der Waals surface area (Å²) in [7, 11) is 0.912. The van der Waals surface area contributed by atoms with Crippen molar-refractivity contribution in [3.8, 4) is 5.75 Å². The van der Waals surface area contributed by atoms with Gasteiger partial charge in [-0.25, -0.2) is 0 Å². The highest BCUT2D eigenvalue weighted by molar-refractivity contribution is 5.72. The number of hydrogen-bond acceptors (Lipinski definition) is 4. The molecule has 11 heteroatoms. The minimum atomic E-state index is -5.40. The van der Waals surface area contributed by atoms with E-state index < -0.39 is 47.4 Å². The Morgan fingerprint density at radius 2 is 1.81 bits per heavy atom. The van der Waals surface area contributed by atoms with Gasteiger partial charge in [0.2, 0.25) is 5.43 Å².